The largest absolute Gasteiger partial charge is 0.352 e. The van der Waals surface area contributed by atoms with Crippen molar-refractivity contribution in [1.82, 2.24) is 15.1 Å². The SMILES string of the molecule is CC(CCNC(=O)c1ccc(C(C)(C)C)cc1)CC(=O)N1CCC2C1C(=O)CN2C(=O)C1CCCCC1. The number of likely N-dealkylation sites (tertiary alicyclic amines) is 2. The van der Waals surface area contributed by atoms with Crippen molar-refractivity contribution < 1.29 is 19.2 Å². The molecule has 37 heavy (non-hydrogen) atoms. The molecule has 7 heteroatoms. The molecule has 3 atom stereocenters. The zero-order valence-corrected chi connectivity index (χ0v) is 22.9. The van der Waals surface area contributed by atoms with Gasteiger partial charge >= 0.3 is 0 Å². The first-order chi connectivity index (χ1) is 17.6. The second-order valence-corrected chi connectivity index (χ2v) is 12.3. The van der Waals surface area contributed by atoms with Crippen LogP contribution >= 0.6 is 0 Å². The molecule has 2 aliphatic heterocycles. The Bertz CT molecular complexity index is 1010. The fraction of sp³-hybridized carbons (Fsp3) is 0.667. The molecule has 7 nitrogen and oxygen atoms in total. The number of carbonyl (C=O) groups excluding carboxylic acids is 4. The van der Waals surface area contributed by atoms with Crippen LogP contribution in [0.2, 0.25) is 0 Å². The van der Waals surface area contributed by atoms with E-state index in [0.717, 1.165) is 25.7 Å². The first kappa shape index (κ1) is 27.3. The number of hydrogen-bond donors (Lipinski definition) is 1. The zero-order valence-electron chi connectivity index (χ0n) is 22.9. The van der Waals surface area contributed by atoms with Gasteiger partial charge in [-0.2, -0.15) is 0 Å². The Morgan fingerprint density at radius 1 is 1.00 bits per heavy atom. The normalized spacial score (nSPS) is 23.2. The molecule has 2 saturated heterocycles. The topological polar surface area (TPSA) is 86.8 Å². The molecule has 1 saturated carbocycles. The maximum absolute atomic E-state index is 13.1. The van der Waals surface area contributed by atoms with Crippen molar-refractivity contribution in [2.75, 3.05) is 19.6 Å². The number of Topliss-reactive ketones (excluding diaryl/α,β-unsaturated/α-hetero) is 1. The molecule has 0 spiro atoms. The van der Waals surface area contributed by atoms with Crippen LogP contribution in [0.25, 0.3) is 0 Å². The molecular weight excluding hydrogens is 466 g/mol. The number of rotatable bonds is 7. The molecule has 0 bridgehead atoms. The summed E-state index contributed by atoms with van der Waals surface area (Å²) in [7, 11) is 0. The van der Waals surface area contributed by atoms with Crippen LogP contribution in [0.4, 0.5) is 0 Å². The minimum absolute atomic E-state index is 0.00240. The number of fused-ring (bicyclic) bond motifs is 1. The van der Waals surface area contributed by atoms with Gasteiger partial charge in [0, 0.05) is 31.0 Å². The zero-order chi connectivity index (χ0) is 26.7. The monoisotopic (exact) mass is 509 g/mol. The second-order valence-electron chi connectivity index (χ2n) is 12.3. The van der Waals surface area contributed by atoms with Gasteiger partial charge in [-0.05, 0) is 54.7 Å². The van der Waals surface area contributed by atoms with Crippen molar-refractivity contribution in [3.05, 3.63) is 35.4 Å². The quantitative estimate of drug-likeness (QED) is 0.600. The molecule has 1 aromatic carbocycles. The van der Waals surface area contributed by atoms with E-state index in [0.29, 0.717) is 37.9 Å². The van der Waals surface area contributed by atoms with E-state index in [1.165, 1.54) is 12.0 Å². The van der Waals surface area contributed by atoms with Gasteiger partial charge in [0.25, 0.3) is 5.91 Å². The molecule has 2 heterocycles. The third-order valence-corrected chi connectivity index (χ3v) is 8.44. The van der Waals surface area contributed by atoms with Gasteiger partial charge in [0.1, 0.15) is 6.04 Å². The van der Waals surface area contributed by atoms with Gasteiger partial charge in [-0.15, -0.1) is 0 Å². The Morgan fingerprint density at radius 3 is 2.32 bits per heavy atom. The summed E-state index contributed by atoms with van der Waals surface area (Å²) in [5, 5.41) is 2.96. The van der Waals surface area contributed by atoms with Crippen LogP contribution in [-0.2, 0) is 19.8 Å². The van der Waals surface area contributed by atoms with E-state index in [1.807, 2.05) is 31.2 Å². The summed E-state index contributed by atoms with van der Waals surface area (Å²) in [6, 6.07) is 7.05. The van der Waals surface area contributed by atoms with Crippen LogP contribution in [0.1, 0.15) is 95.0 Å². The molecule has 3 aliphatic rings. The predicted molar refractivity (Wildman–Crippen MR) is 143 cm³/mol. The van der Waals surface area contributed by atoms with Gasteiger partial charge in [-0.25, -0.2) is 0 Å². The summed E-state index contributed by atoms with van der Waals surface area (Å²) >= 11 is 0. The maximum Gasteiger partial charge on any atom is 0.251 e. The van der Waals surface area contributed by atoms with Crippen molar-refractivity contribution in [3.63, 3.8) is 0 Å². The lowest BCUT2D eigenvalue weighted by Gasteiger charge is -2.29. The van der Waals surface area contributed by atoms with Crippen molar-refractivity contribution in [3.8, 4) is 0 Å². The first-order valence-electron chi connectivity index (χ1n) is 14.1. The Labute approximate surface area is 221 Å². The van der Waals surface area contributed by atoms with Gasteiger partial charge in [-0.1, -0.05) is 59.1 Å². The summed E-state index contributed by atoms with van der Waals surface area (Å²) in [4.78, 5) is 55.1. The van der Waals surface area contributed by atoms with E-state index >= 15 is 0 Å². The summed E-state index contributed by atoms with van der Waals surface area (Å²) in [6.45, 7) is 9.59. The molecule has 4 rings (SSSR count). The molecule has 1 N–H and O–H groups in total. The molecule has 3 amide bonds. The van der Waals surface area contributed by atoms with E-state index < -0.39 is 6.04 Å². The van der Waals surface area contributed by atoms with Crippen LogP contribution in [-0.4, -0.2) is 65.0 Å². The van der Waals surface area contributed by atoms with Crippen molar-refractivity contribution >= 4 is 23.5 Å². The molecule has 3 fully saturated rings. The molecule has 0 aromatic heterocycles. The van der Waals surface area contributed by atoms with Crippen LogP contribution in [0.3, 0.4) is 0 Å². The lowest BCUT2D eigenvalue weighted by atomic mass is 9.87. The fourth-order valence-electron chi connectivity index (χ4n) is 6.15. The number of nitrogens with zero attached hydrogens (tertiary/aromatic N) is 2. The lowest BCUT2D eigenvalue weighted by molar-refractivity contribution is -0.138. The van der Waals surface area contributed by atoms with Crippen LogP contribution in [0, 0.1) is 11.8 Å². The van der Waals surface area contributed by atoms with Gasteiger partial charge < -0.3 is 15.1 Å². The summed E-state index contributed by atoms with van der Waals surface area (Å²) < 4.78 is 0. The van der Waals surface area contributed by atoms with E-state index in [9.17, 15) is 19.2 Å². The minimum Gasteiger partial charge on any atom is -0.352 e. The highest BCUT2D eigenvalue weighted by molar-refractivity contribution is 5.98. The summed E-state index contributed by atoms with van der Waals surface area (Å²) in [5.41, 5.74) is 1.85. The highest BCUT2D eigenvalue weighted by Crippen LogP contribution is 2.34. The average molecular weight is 510 g/mol. The number of benzene rings is 1. The minimum atomic E-state index is -0.483. The molecule has 0 radical (unpaired) electrons. The number of ketones is 1. The number of nitrogens with one attached hydrogen (secondary N) is 1. The van der Waals surface area contributed by atoms with E-state index in [4.69, 9.17) is 0 Å². The van der Waals surface area contributed by atoms with E-state index in [2.05, 4.69) is 26.1 Å². The predicted octanol–water partition coefficient (Wildman–Crippen LogP) is 4.09. The molecular formula is C30H43N3O4. The molecule has 1 aliphatic carbocycles. The number of carbonyl (C=O) groups is 4. The lowest BCUT2D eigenvalue weighted by Crippen LogP contribution is -2.45. The fourth-order valence-corrected chi connectivity index (χ4v) is 6.15. The van der Waals surface area contributed by atoms with Crippen molar-refractivity contribution in [2.24, 2.45) is 11.8 Å². The highest BCUT2D eigenvalue weighted by atomic mass is 16.2. The molecule has 3 unspecified atom stereocenters. The third-order valence-electron chi connectivity index (χ3n) is 8.44. The van der Waals surface area contributed by atoms with Crippen molar-refractivity contribution in [1.29, 1.82) is 0 Å². The number of amides is 3. The summed E-state index contributed by atoms with van der Waals surface area (Å²) in [5.74, 6) is 0.0952. The average Bonchev–Trinajstić information content (AvgIpc) is 3.45. The van der Waals surface area contributed by atoms with Crippen molar-refractivity contribution in [2.45, 2.75) is 96.6 Å². The Balaban J connectivity index is 1.24. The molecule has 202 valence electrons. The summed E-state index contributed by atoms with van der Waals surface area (Å²) in [6.07, 6.45) is 6.88. The van der Waals surface area contributed by atoms with Crippen LogP contribution in [0.5, 0.6) is 0 Å². The van der Waals surface area contributed by atoms with Crippen LogP contribution < -0.4 is 5.32 Å². The smallest absolute Gasteiger partial charge is 0.251 e. The highest BCUT2D eigenvalue weighted by Gasteiger charge is 2.51. The van der Waals surface area contributed by atoms with E-state index in [-0.39, 0.29) is 53.3 Å². The maximum atomic E-state index is 13.1. The van der Waals surface area contributed by atoms with Gasteiger partial charge in [-0.3, -0.25) is 19.2 Å². The molecule has 1 aromatic rings. The third kappa shape index (κ3) is 6.24. The Morgan fingerprint density at radius 2 is 1.68 bits per heavy atom. The van der Waals surface area contributed by atoms with Gasteiger partial charge in [0.2, 0.25) is 11.8 Å². The standard InChI is InChI=1S/C30H43N3O4/c1-20(14-16-31-28(36)21-10-12-23(13-11-21)30(2,3)4)18-26(35)32-17-15-24-27(32)25(34)19-33(24)29(37)22-8-6-5-7-9-22/h10-13,20,22,24,27H,5-9,14-19H2,1-4H3,(H,31,36). The van der Waals surface area contributed by atoms with Crippen LogP contribution in [0.15, 0.2) is 24.3 Å². The second kappa shape index (κ2) is 11.4. The first-order valence-corrected chi connectivity index (χ1v) is 14.1. The Hall–Kier alpha value is -2.70. The number of hydrogen-bond acceptors (Lipinski definition) is 4. The Kier molecular flexibility index (Phi) is 8.39. The van der Waals surface area contributed by atoms with Gasteiger partial charge in [0.15, 0.2) is 5.78 Å². The van der Waals surface area contributed by atoms with E-state index in [1.54, 1.807) is 9.80 Å². The van der Waals surface area contributed by atoms with Gasteiger partial charge in [0.05, 0.1) is 12.6 Å².